The summed E-state index contributed by atoms with van der Waals surface area (Å²) < 4.78 is 4.56. The van der Waals surface area contributed by atoms with Crippen molar-refractivity contribution in [2.24, 2.45) is 0 Å². The molecule has 0 aliphatic rings. The second-order valence-electron chi connectivity index (χ2n) is 0.856. The largest absolute Gasteiger partial charge is 0.308 e. The Kier molecular flexibility index (Phi) is 6.83. The number of hydrogen-bond acceptors (Lipinski definition) is 1. The molecule has 0 aliphatic carbocycles. The standard InChI is InChI=1S/C3H6Br2O/c4-2-1-3-6-5/h1-3H2. The Bertz CT molecular complexity index is 20.8. The highest BCUT2D eigenvalue weighted by atomic mass is 79.9. The zero-order valence-electron chi connectivity index (χ0n) is 3.29. The molecule has 0 fully saturated rings. The molecule has 0 N–H and O–H groups in total. The van der Waals surface area contributed by atoms with E-state index in [-0.39, 0.29) is 0 Å². The lowest BCUT2D eigenvalue weighted by atomic mass is 10.5. The van der Waals surface area contributed by atoms with Crippen molar-refractivity contribution in [2.45, 2.75) is 6.42 Å². The van der Waals surface area contributed by atoms with E-state index in [0.717, 1.165) is 18.4 Å². The maximum atomic E-state index is 4.56. The van der Waals surface area contributed by atoms with Gasteiger partial charge in [0.05, 0.1) is 22.9 Å². The summed E-state index contributed by atoms with van der Waals surface area (Å²) >= 11 is 6.08. The van der Waals surface area contributed by atoms with Gasteiger partial charge in [-0.15, -0.1) is 0 Å². The molecule has 0 aromatic rings. The second-order valence-corrected chi connectivity index (χ2v) is 2.11. The average Bonchev–Trinajstić information content (AvgIpc) is 1.61. The molecule has 0 saturated carbocycles. The van der Waals surface area contributed by atoms with E-state index in [0.29, 0.717) is 0 Å². The maximum absolute atomic E-state index is 4.56. The van der Waals surface area contributed by atoms with E-state index in [1.54, 1.807) is 0 Å². The van der Waals surface area contributed by atoms with Crippen LogP contribution in [0.4, 0.5) is 0 Å². The summed E-state index contributed by atoms with van der Waals surface area (Å²) in [6.07, 6.45) is 1.06. The monoisotopic (exact) mass is 216 g/mol. The topological polar surface area (TPSA) is 9.23 Å². The molecular formula is C3H6Br2O. The Morgan fingerprint density at radius 2 is 2.17 bits per heavy atom. The van der Waals surface area contributed by atoms with Crippen LogP contribution in [-0.2, 0) is 3.83 Å². The molecule has 0 unspecified atom stereocenters. The van der Waals surface area contributed by atoms with Crippen molar-refractivity contribution in [2.75, 3.05) is 11.9 Å². The third-order valence-electron chi connectivity index (χ3n) is 0.355. The summed E-state index contributed by atoms with van der Waals surface area (Å²) in [5.41, 5.74) is 0. The predicted molar refractivity (Wildman–Crippen MR) is 33.3 cm³/mol. The highest BCUT2D eigenvalue weighted by molar-refractivity contribution is 9.09. The SMILES string of the molecule is BrCCCOBr. The predicted octanol–water partition coefficient (Wildman–Crippen LogP) is 2.10. The van der Waals surface area contributed by atoms with Crippen molar-refractivity contribution < 1.29 is 3.83 Å². The van der Waals surface area contributed by atoms with Crippen LogP contribution in [0.5, 0.6) is 0 Å². The molecule has 0 saturated heterocycles. The van der Waals surface area contributed by atoms with Crippen LogP contribution in [0.2, 0.25) is 0 Å². The Hall–Kier alpha value is 0.920. The number of rotatable bonds is 3. The minimum Gasteiger partial charge on any atom is -0.308 e. The van der Waals surface area contributed by atoms with E-state index in [9.17, 15) is 0 Å². The Labute approximate surface area is 54.6 Å². The molecule has 0 radical (unpaired) electrons. The van der Waals surface area contributed by atoms with Gasteiger partial charge in [0.1, 0.15) is 0 Å². The minimum absolute atomic E-state index is 0.783. The van der Waals surface area contributed by atoms with Gasteiger partial charge in [0.2, 0.25) is 0 Å². The normalized spacial score (nSPS) is 9.00. The fraction of sp³-hybridized carbons (Fsp3) is 1.00. The smallest absolute Gasteiger partial charge is 0.0987 e. The number of alkyl halides is 1. The number of hydrogen-bond donors (Lipinski definition) is 0. The molecule has 0 atom stereocenters. The van der Waals surface area contributed by atoms with Gasteiger partial charge in [-0.25, -0.2) is 0 Å². The van der Waals surface area contributed by atoms with Crippen LogP contribution in [-0.4, -0.2) is 11.9 Å². The Balaban J connectivity index is 2.34. The van der Waals surface area contributed by atoms with Crippen LogP contribution in [0.1, 0.15) is 6.42 Å². The van der Waals surface area contributed by atoms with Crippen LogP contribution in [0.25, 0.3) is 0 Å². The van der Waals surface area contributed by atoms with E-state index < -0.39 is 0 Å². The quantitative estimate of drug-likeness (QED) is 0.520. The van der Waals surface area contributed by atoms with Gasteiger partial charge in [-0.1, -0.05) is 15.9 Å². The molecule has 1 nitrogen and oxygen atoms in total. The zero-order chi connectivity index (χ0) is 4.83. The van der Waals surface area contributed by atoms with E-state index >= 15 is 0 Å². The minimum atomic E-state index is 0.783. The van der Waals surface area contributed by atoms with Crippen molar-refractivity contribution in [3.05, 3.63) is 0 Å². The highest BCUT2D eigenvalue weighted by Gasteiger charge is 1.77. The van der Waals surface area contributed by atoms with Gasteiger partial charge >= 0.3 is 0 Å². The molecule has 0 aromatic heterocycles. The summed E-state index contributed by atoms with van der Waals surface area (Å²) in [6, 6.07) is 0. The summed E-state index contributed by atoms with van der Waals surface area (Å²) in [6.45, 7) is 0.783. The first-order chi connectivity index (χ1) is 2.91. The maximum Gasteiger partial charge on any atom is 0.0987 e. The third kappa shape index (κ3) is 4.92. The van der Waals surface area contributed by atoms with Crippen LogP contribution < -0.4 is 0 Å². The van der Waals surface area contributed by atoms with Gasteiger partial charge in [-0.3, -0.25) is 0 Å². The lowest BCUT2D eigenvalue weighted by Gasteiger charge is -1.85. The molecule has 38 valence electrons. The van der Waals surface area contributed by atoms with Gasteiger partial charge in [0, 0.05) is 5.33 Å². The first kappa shape index (κ1) is 6.92. The summed E-state index contributed by atoms with van der Waals surface area (Å²) in [5, 5.41) is 1.01. The lowest BCUT2D eigenvalue weighted by molar-refractivity contribution is 0.398. The highest BCUT2D eigenvalue weighted by Crippen LogP contribution is 1.90. The van der Waals surface area contributed by atoms with Crippen molar-refractivity contribution in [3.8, 4) is 0 Å². The Morgan fingerprint density at radius 3 is 2.33 bits per heavy atom. The van der Waals surface area contributed by atoms with Gasteiger partial charge in [0.25, 0.3) is 0 Å². The molecule has 3 heteroatoms. The van der Waals surface area contributed by atoms with Crippen molar-refractivity contribution in [1.82, 2.24) is 0 Å². The second kappa shape index (κ2) is 5.92. The molecular weight excluding hydrogens is 212 g/mol. The van der Waals surface area contributed by atoms with Gasteiger partial charge < -0.3 is 3.83 Å². The fourth-order valence-electron chi connectivity index (χ4n) is 0.109. The Morgan fingerprint density at radius 1 is 1.50 bits per heavy atom. The van der Waals surface area contributed by atoms with Crippen LogP contribution in [0.15, 0.2) is 0 Å². The molecule has 6 heavy (non-hydrogen) atoms. The summed E-state index contributed by atoms with van der Waals surface area (Å²) in [4.78, 5) is 0. The number of halogens is 2. The molecule has 0 heterocycles. The van der Waals surface area contributed by atoms with E-state index in [4.69, 9.17) is 0 Å². The van der Waals surface area contributed by atoms with Gasteiger partial charge in [-0.05, 0) is 6.42 Å². The third-order valence-corrected chi connectivity index (χ3v) is 1.24. The van der Waals surface area contributed by atoms with Crippen molar-refractivity contribution in [1.29, 1.82) is 0 Å². The fourth-order valence-corrected chi connectivity index (χ4v) is 0.567. The van der Waals surface area contributed by atoms with E-state index in [2.05, 4.69) is 36.0 Å². The van der Waals surface area contributed by atoms with E-state index in [1.165, 1.54) is 0 Å². The van der Waals surface area contributed by atoms with Crippen LogP contribution in [0.3, 0.4) is 0 Å². The van der Waals surface area contributed by atoms with Crippen molar-refractivity contribution >= 4 is 32.2 Å². The first-order valence-electron chi connectivity index (χ1n) is 1.71. The molecule has 0 spiro atoms. The summed E-state index contributed by atoms with van der Waals surface area (Å²) in [7, 11) is 0. The first-order valence-corrected chi connectivity index (χ1v) is 3.48. The molecule has 0 rings (SSSR count). The van der Waals surface area contributed by atoms with E-state index in [1.807, 2.05) is 0 Å². The lowest BCUT2D eigenvalue weighted by Crippen LogP contribution is -1.81. The van der Waals surface area contributed by atoms with Gasteiger partial charge in [-0.2, -0.15) is 0 Å². The average molecular weight is 218 g/mol. The summed E-state index contributed by atoms with van der Waals surface area (Å²) in [5.74, 6) is 0. The molecule has 0 amide bonds. The van der Waals surface area contributed by atoms with Gasteiger partial charge in [0.15, 0.2) is 0 Å². The van der Waals surface area contributed by atoms with Crippen LogP contribution in [0, 0.1) is 0 Å². The molecule has 0 aromatic carbocycles. The zero-order valence-corrected chi connectivity index (χ0v) is 6.46. The molecule has 0 aliphatic heterocycles. The van der Waals surface area contributed by atoms with Crippen molar-refractivity contribution in [3.63, 3.8) is 0 Å². The van der Waals surface area contributed by atoms with Crippen LogP contribution >= 0.6 is 32.2 Å². The molecule has 0 bridgehead atoms.